The minimum Gasteiger partial charge on any atom is -0.353 e. The van der Waals surface area contributed by atoms with Crippen molar-refractivity contribution in [2.75, 3.05) is 5.32 Å². The molecule has 1 heterocycles. The first-order valence-electron chi connectivity index (χ1n) is 3.74. The van der Waals surface area contributed by atoms with Crippen molar-refractivity contribution in [3.63, 3.8) is 0 Å². The maximum Gasteiger partial charge on any atom is 0.127 e. The van der Waals surface area contributed by atoms with Crippen LogP contribution in [0.25, 0.3) is 0 Å². The fraction of sp³-hybridized carbons (Fsp3) is 0.333. The van der Waals surface area contributed by atoms with Gasteiger partial charge in [0.25, 0.3) is 0 Å². The minimum atomic E-state index is -0.561. The number of aromatic nitrogens is 1. The van der Waals surface area contributed by atoms with E-state index in [-0.39, 0.29) is 0 Å². The third kappa shape index (κ3) is 2.24. The lowest BCUT2D eigenvalue weighted by molar-refractivity contribution is 0.723. The number of nitrogens with one attached hydrogen (secondary N) is 1. The van der Waals surface area contributed by atoms with E-state index in [1.54, 1.807) is 6.20 Å². The summed E-state index contributed by atoms with van der Waals surface area (Å²) in [5, 5.41) is 11.7. The Morgan fingerprint density at radius 2 is 2.25 bits per heavy atom. The van der Waals surface area contributed by atoms with Crippen LogP contribution in [-0.2, 0) is 0 Å². The summed E-state index contributed by atoms with van der Waals surface area (Å²) in [6, 6.07) is 7.69. The number of pyridine rings is 1. The van der Waals surface area contributed by atoms with Crippen molar-refractivity contribution < 1.29 is 0 Å². The van der Waals surface area contributed by atoms with Crippen molar-refractivity contribution in [3.05, 3.63) is 24.4 Å². The van der Waals surface area contributed by atoms with Crippen LogP contribution in [0.4, 0.5) is 5.82 Å². The quantitative estimate of drug-likeness (QED) is 0.719. The van der Waals surface area contributed by atoms with Gasteiger partial charge in [-0.3, -0.25) is 0 Å². The van der Waals surface area contributed by atoms with Gasteiger partial charge >= 0.3 is 0 Å². The molecule has 0 aliphatic carbocycles. The molecule has 1 aromatic heterocycles. The van der Waals surface area contributed by atoms with Crippen LogP contribution >= 0.6 is 0 Å². The zero-order valence-electron chi connectivity index (χ0n) is 7.20. The van der Waals surface area contributed by atoms with Gasteiger partial charge in [0.15, 0.2) is 0 Å². The normalized spacial score (nSPS) is 10.4. The molecular formula is C9H11N3. The molecule has 3 heteroatoms. The Morgan fingerprint density at radius 1 is 1.50 bits per heavy atom. The molecule has 12 heavy (non-hydrogen) atoms. The van der Waals surface area contributed by atoms with Crippen LogP contribution in [-0.4, -0.2) is 10.5 Å². The molecule has 0 atom stereocenters. The molecule has 0 aliphatic rings. The van der Waals surface area contributed by atoms with Crippen LogP contribution in [0, 0.1) is 11.3 Å². The molecule has 1 aromatic rings. The van der Waals surface area contributed by atoms with Crippen molar-refractivity contribution >= 4 is 5.82 Å². The van der Waals surface area contributed by atoms with Gasteiger partial charge in [0.05, 0.1) is 6.07 Å². The van der Waals surface area contributed by atoms with Gasteiger partial charge in [-0.1, -0.05) is 6.07 Å². The van der Waals surface area contributed by atoms with Gasteiger partial charge in [-0.2, -0.15) is 5.26 Å². The largest absolute Gasteiger partial charge is 0.353 e. The number of anilines is 1. The molecule has 0 saturated heterocycles. The predicted molar refractivity (Wildman–Crippen MR) is 47.6 cm³/mol. The van der Waals surface area contributed by atoms with Crippen LogP contribution in [0.2, 0.25) is 0 Å². The molecule has 1 N–H and O–H groups in total. The van der Waals surface area contributed by atoms with E-state index < -0.39 is 5.54 Å². The molecule has 62 valence electrons. The second-order valence-electron chi connectivity index (χ2n) is 3.08. The summed E-state index contributed by atoms with van der Waals surface area (Å²) in [7, 11) is 0. The minimum absolute atomic E-state index is 0.561. The lowest BCUT2D eigenvalue weighted by atomic mass is 10.1. The average Bonchev–Trinajstić information content (AvgIpc) is 2.06. The highest BCUT2D eigenvalue weighted by Gasteiger charge is 2.15. The topological polar surface area (TPSA) is 48.7 Å². The first-order chi connectivity index (χ1) is 5.64. The second-order valence-corrected chi connectivity index (χ2v) is 3.08. The number of hydrogen-bond acceptors (Lipinski definition) is 3. The van der Waals surface area contributed by atoms with E-state index in [4.69, 9.17) is 5.26 Å². The predicted octanol–water partition coefficient (Wildman–Crippen LogP) is 1.80. The van der Waals surface area contributed by atoms with Crippen LogP contribution < -0.4 is 5.32 Å². The standard InChI is InChI=1S/C9H11N3/c1-9(2,7-10)12-8-5-3-4-6-11-8/h3-6H,1-2H3,(H,11,12). The molecule has 0 spiro atoms. The van der Waals surface area contributed by atoms with Crippen molar-refractivity contribution in [3.8, 4) is 6.07 Å². The van der Waals surface area contributed by atoms with E-state index in [1.807, 2.05) is 32.0 Å². The highest BCUT2D eigenvalue weighted by molar-refractivity contribution is 5.38. The summed E-state index contributed by atoms with van der Waals surface area (Å²) < 4.78 is 0. The van der Waals surface area contributed by atoms with Gasteiger partial charge in [0.2, 0.25) is 0 Å². The fourth-order valence-electron chi connectivity index (χ4n) is 0.785. The molecule has 0 saturated carbocycles. The van der Waals surface area contributed by atoms with Crippen molar-refractivity contribution in [2.24, 2.45) is 0 Å². The second kappa shape index (κ2) is 3.22. The Bertz CT molecular complexity index is 284. The SMILES string of the molecule is CC(C)(C#N)Nc1ccccn1. The summed E-state index contributed by atoms with van der Waals surface area (Å²) in [6.07, 6.45) is 1.69. The van der Waals surface area contributed by atoms with E-state index in [2.05, 4.69) is 16.4 Å². The first-order valence-corrected chi connectivity index (χ1v) is 3.74. The number of hydrogen-bond donors (Lipinski definition) is 1. The Hall–Kier alpha value is -1.56. The zero-order valence-corrected chi connectivity index (χ0v) is 7.20. The molecule has 0 bridgehead atoms. The highest BCUT2D eigenvalue weighted by atomic mass is 15.0. The summed E-state index contributed by atoms with van der Waals surface area (Å²) in [4.78, 5) is 4.05. The maximum absolute atomic E-state index is 8.72. The molecule has 0 aliphatic heterocycles. The lowest BCUT2D eigenvalue weighted by Crippen LogP contribution is -2.28. The summed E-state index contributed by atoms with van der Waals surface area (Å²) in [5.74, 6) is 0.726. The molecule has 0 amide bonds. The fourth-order valence-corrected chi connectivity index (χ4v) is 0.785. The Kier molecular flexibility index (Phi) is 2.29. The Morgan fingerprint density at radius 3 is 2.75 bits per heavy atom. The van der Waals surface area contributed by atoms with E-state index in [1.165, 1.54) is 0 Å². The molecular weight excluding hydrogens is 150 g/mol. The molecule has 3 nitrogen and oxygen atoms in total. The van der Waals surface area contributed by atoms with Gasteiger partial charge in [-0.25, -0.2) is 4.98 Å². The highest BCUT2D eigenvalue weighted by Crippen LogP contribution is 2.09. The van der Waals surface area contributed by atoms with E-state index in [0.717, 1.165) is 5.82 Å². The Labute approximate surface area is 72.1 Å². The van der Waals surface area contributed by atoms with Crippen LogP contribution in [0.5, 0.6) is 0 Å². The number of nitriles is 1. The third-order valence-corrected chi connectivity index (χ3v) is 1.38. The smallest absolute Gasteiger partial charge is 0.127 e. The molecule has 0 radical (unpaired) electrons. The molecule has 0 fully saturated rings. The van der Waals surface area contributed by atoms with Gasteiger partial charge in [-0.05, 0) is 26.0 Å². The Balaban J connectivity index is 2.72. The van der Waals surface area contributed by atoms with E-state index in [9.17, 15) is 0 Å². The molecule has 1 rings (SSSR count). The van der Waals surface area contributed by atoms with Gasteiger partial charge in [-0.15, -0.1) is 0 Å². The van der Waals surface area contributed by atoms with Gasteiger partial charge < -0.3 is 5.32 Å². The van der Waals surface area contributed by atoms with Crippen LogP contribution in [0.1, 0.15) is 13.8 Å². The van der Waals surface area contributed by atoms with Gasteiger partial charge in [0, 0.05) is 6.20 Å². The summed E-state index contributed by atoms with van der Waals surface area (Å²) in [5.41, 5.74) is -0.561. The number of rotatable bonds is 2. The van der Waals surface area contributed by atoms with E-state index >= 15 is 0 Å². The van der Waals surface area contributed by atoms with Crippen molar-refractivity contribution in [1.82, 2.24) is 4.98 Å². The zero-order chi connectivity index (χ0) is 9.03. The average molecular weight is 161 g/mol. The maximum atomic E-state index is 8.72. The summed E-state index contributed by atoms with van der Waals surface area (Å²) >= 11 is 0. The van der Waals surface area contributed by atoms with Crippen molar-refractivity contribution in [2.45, 2.75) is 19.4 Å². The molecule has 0 aromatic carbocycles. The van der Waals surface area contributed by atoms with Crippen LogP contribution in [0.15, 0.2) is 24.4 Å². The first kappa shape index (κ1) is 8.54. The monoisotopic (exact) mass is 161 g/mol. The van der Waals surface area contributed by atoms with Crippen LogP contribution in [0.3, 0.4) is 0 Å². The lowest BCUT2D eigenvalue weighted by Gasteiger charge is -2.17. The van der Waals surface area contributed by atoms with Crippen molar-refractivity contribution in [1.29, 1.82) is 5.26 Å². The van der Waals surface area contributed by atoms with E-state index in [0.29, 0.717) is 0 Å². The summed E-state index contributed by atoms with van der Waals surface area (Å²) in [6.45, 7) is 3.61. The third-order valence-electron chi connectivity index (χ3n) is 1.38. The van der Waals surface area contributed by atoms with Gasteiger partial charge in [0.1, 0.15) is 11.4 Å². The molecule has 0 unspecified atom stereocenters. The number of nitrogens with zero attached hydrogens (tertiary/aromatic N) is 2.